The fourth-order valence-corrected chi connectivity index (χ4v) is 2.37. The van der Waals surface area contributed by atoms with Crippen LogP contribution in [0.2, 0.25) is 0 Å². The number of esters is 1. The van der Waals surface area contributed by atoms with Gasteiger partial charge in [0, 0.05) is 25.8 Å². The van der Waals surface area contributed by atoms with Gasteiger partial charge in [0.25, 0.3) is 0 Å². The first kappa shape index (κ1) is 17.6. The van der Waals surface area contributed by atoms with Crippen LogP contribution in [0, 0.1) is 6.92 Å². The van der Waals surface area contributed by atoms with E-state index in [-0.39, 0.29) is 12.6 Å². The number of aromatic nitrogens is 2. The molecule has 1 aromatic rings. The van der Waals surface area contributed by atoms with Crippen LogP contribution in [-0.4, -0.2) is 78.0 Å². The Bertz CT molecular complexity index is 520. The number of carbonyl (C=O) groups is 1. The lowest BCUT2D eigenvalue weighted by Crippen LogP contribution is -2.44. The summed E-state index contributed by atoms with van der Waals surface area (Å²) >= 11 is 0. The Morgan fingerprint density at radius 1 is 1.52 bits per heavy atom. The second kappa shape index (κ2) is 8.76. The molecule has 1 atom stereocenters. The molecule has 1 aliphatic heterocycles. The van der Waals surface area contributed by atoms with Gasteiger partial charge in [-0.1, -0.05) is 0 Å². The van der Waals surface area contributed by atoms with Crippen molar-refractivity contribution in [3.05, 3.63) is 17.5 Å². The number of aliphatic hydroxyl groups is 1. The summed E-state index contributed by atoms with van der Waals surface area (Å²) in [5, 5.41) is 12.7. The molecule has 1 fully saturated rings. The number of aliphatic hydroxyl groups excluding tert-OH is 1. The number of nitrogens with one attached hydrogen (secondary N) is 1. The Morgan fingerprint density at radius 2 is 2.26 bits per heavy atom. The Morgan fingerprint density at radius 3 is 2.87 bits per heavy atom. The Hall–Kier alpha value is -1.77. The normalized spacial score (nSPS) is 16.8. The molecule has 128 valence electrons. The average molecular weight is 324 g/mol. The number of morpholine rings is 1. The minimum Gasteiger partial charge on any atom is -0.462 e. The van der Waals surface area contributed by atoms with Crippen LogP contribution >= 0.6 is 0 Å². The molecule has 1 aromatic heterocycles. The highest BCUT2D eigenvalue weighted by Crippen LogP contribution is 2.10. The highest BCUT2D eigenvalue weighted by atomic mass is 16.5. The van der Waals surface area contributed by atoms with E-state index in [9.17, 15) is 9.90 Å². The van der Waals surface area contributed by atoms with Crippen molar-refractivity contribution >= 4 is 11.9 Å². The summed E-state index contributed by atoms with van der Waals surface area (Å²) in [6.45, 7) is 7.56. The third-order valence-corrected chi connectivity index (χ3v) is 3.61. The monoisotopic (exact) mass is 324 g/mol. The molecule has 2 heterocycles. The number of ether oxygens (including phenoxy) is 2. The molecule has 2 N–H and O–H groups in total. The van der Waals surface area contributed by atoms with E-state index < -0.39 is 5.97 Å². The molecule has 0 spiro atoms. The summed E-state index contributed by atoms with van der Waals surface area (Å²) in [4.78, 5) is 22.4. The van der Waals surface area contributed by atoms with Gasteiger partial charge in [-0.3, -0.25) is 4.90 Å². The first-order valence-corrected chi connectivity index (χ1v) is 7.82. The van der Waals surface area contributed by atoms with Crippen molar-refractivity contribution < 1.29 is 19.4 Å². The van der Waals surface area contributed by atoms with Crippen LogP contribution in [0.5, 0.6) is 0 Å². The molecular formula is C15H24N4O4. The molecular weight excluding hydrogens is 300 g/mol. The lowest BCUT2D eigenvalue weighted by atomic mass is 10.2. The maximum absolute atomic E-state index is 11.7. The molecule has 0 radical (unpaired) electrons. The molecule has 8 nitrogen and oxygen atoms in total. The second-order valence-corrected chi connectivity index (χ2v) is 5.35. The topological polar surface area (TPSA) is 96.8 Å². The van der Waals surface area contributed by atoms with Gasteiger partial charge in [-0.15, -0.1) is 0 Å². The van der Waals surface area contributed by atoms with Crippen molar-refractivity contribution in [2.45, 2.75) is 19.9 Å². The van der Waals surface area contributed by atoms with Crippen molar-refractivity contribution in [1.29, 1.82) is 0 Å². The van der Waals surface area contributed by atoms with Gasteiger partial charge < -0.3 is 19.9 Å². The van der Waals surface area contributed by atoms with E-state index in [1.165, 1.54) is 6.20 Å². The molecule has 1 aliphatic rings. The van der Waals surface area contributed by atoms with Gasteiger partial charge in [0.05, 0.1) is 43.7 Å². The molecule has 0 aromatic carbocycles. The fourth-order valence-electron chi connectivity index (χ4n) is 2.37. The molecule has 0 saturated carbocycles. The number of aryl methyl sites for hydroxylation is 1. The van der Waals surface area contributed by atoms with Crippen LogP contribution in [0.25, 0.3) is 0 Å². The third-order valence-electron chi connectivity index (χ3n) is 3.61. The summed E-state index contributed by atoms with van der Waals surface area (Å²) in [7, 11) is 0. The van der Waals surface area contributed by atoms with E-state index in [0.29, 0.717) is 43.6 Å². The summed E-state index contributed by atoms with van der Waals surface area (Å²) in [6.07, 6.45) is 1.45. The van der Waals surface area contributed by atoms with Crippen LogP contribution in [0.3, 0.4) is 0 Å². The maximum Gasteiger partial charge on any atom is 0.341 e. The number of nitrogens with zero attached hydrogens (tertiary/aromatic N) is 3. The predicted molar refractivity (Wildman–Crippen MR) is 84.5 cm³/mol. The maximum atomic E-state index is 11.7. The fraction of sp³-hybridized carbons (Fsp3) is 0.667. The van der Waals surface area contributed by atoms with Crippen molar-refractivity contribution in [2.75, 3.05) is 51.4 Å². The average Bonchev–Trinajstić information content (AvgIpc) is 2.55. The molecule has 2 rings (SSSR count). The Labute approximate surface area is 135 Å². The zero-order chi connectivity index (χ0) is 16.7. The Kier molecular flexibility index (Phi) is 6.69. The van der Waals surface area contributed by atoms with Crippen LogP contribution in [0.4, 0.5) is 5.95 Å². The molecule has 0 aliphatic carbocycles. The van der Waals surface area contributed by atoms with Gasteiger partial charge in [0.2, 0.25) is 5.95 Å². The SMILES string of the molecule is CCOC(=O)c1cnc(N[C@H](CO)CN2CCOCC2)nc1C. The van der Waals surface area contributed by atoms with E-state index in [0.717, 1.165) is 13.1 Å². The van der Waals surface area contributed by atoms with Gasteiger partial charge in [-0.05, 0) is 13.8 Å². The van der Waals surface area contributed by atoms with Crippen molar-refractivity contribution in [1.82, 2.24) is 14.9 Å². The summed E-state index contributed by atoms with van der Waals surface area (Å²) in [5.41, 5.74) is 0.898. The lowest BCUT2D eigenvalue weighted by molar-refractivity contribution is 0.0335. The standard InChI is InChI=1S/C15H24N4O4/c1-3-23-14(21)13-8-16-15(17-11(13)2)18-12(10-20)9-19-4-6-22-7-5-19/h8,12,20H,3-7,9-10H2,1-2H3,(H,16,17,18)/t12-/m0/s1. The van der Waals surface area contributed by atoms with E-state index in [1.54, 1.807) is 13.8 Å². The third kappa shape index (κ3) is 5.12. The van der Waals surface area contributed by atoms with Crippen LogP contribution in [0.1, 0.15) is 23.0 Å². The minimum absolute atomic E-state index is 0.0284. The summed E-state index contributed by atoms with van der Waals surface area (Å²) in [5.74, 6) is -0.0357. The van der Waals surface area contributed by atoms with Gasteiger partial charge in [-0.25, -0.2) is 14.8 Å². The zero-order valence-electron chi connectivity index (χ0n) is 13.6. The number of carbonyl (C=O) groups excluding carboxylic acids is 1. The number of hydrogen-bond donors (Lipinski definition) is 2. The van der Waals surface area contributed by atoms with Gasteiger partial charge in [0.15, 0.2) is 0 Å². The molecule has 8 heteroatoms. The number of hydrogen-bond acceptors (Lipinski definition) is 8. The summed E-state index contributed by atoms with van der Waals surface area (Å²) in [6, 6.07) is -0.180. The van der Waals surface area contributed by atoms with Gasteiger partial charge in [-0.2, -0.15) is 0 Å². The van der Waals surface area contributed by atoms with Crippen LogP contribution in [0.15, 0.2) is 6.20 Å². The van der Waals surface area contributed by atoms with Crippen LogP contribution in [-0.2, 0) is 9.47 Å². The first-order valence-electron chi connectivity index (χ1n) is 7.82. The van der Waals surface area contributed by atoms with Crippen molar-refractivity contribution in [3.8, 4) is 0 Å². The summed E-state index contributed by atoms with van der Waals surface area (Å²) < 4.78 is 10.3. The minimum atomic E-state index is -0.427. The second-order valence-electron chi connectivity index (χ2n) is 5.35. The van der Waals surface area contributed by atoms with E-state index in [2.05, 4.69) is 20.2 Å². The molecule has 1 saturated heterocycles. The molecule has 23 heavy (non-hydrogen) atoms. The van der Waals surface area contributed by atoms with Crippen molar-refractivity contribution in [2.24, 2.45) is 0 Å². The van der Waals surface area contributed by atoms with E-state index in [1.807, 2.05) is 0 Å². The lowest BCUT2D eigenvalue weighted by Gasteiger charge is -2.30. The first-order chi connectivity index (χ1) is 11.1. The number of rotatable bonds is 7. The van der Waals surface area contributed by atoms with Crippen LogP contribution < -0.4 is 5.32 Å². The molecule has 0 unspecified atom stereocenters. The van der Waals surface area contributed by atoms with E-state index in [4.69, 9.17) is 9.47 Å². The van der Waals surface area contributed by atoms with Gasteiger partial charge >= 0.3 is 5.97 Å². The molecule has 0 amide bonds. The number of anilines is 1. The smallest absolute Gasteiger partial charge is 0.341 e. The van der Waals surface area contributed by atoms with E-state index >= 15 is 0 Å². The predicted octanol–water partition coefficient (Wildman–Crippen LogP) is 0.0667. The highest BCUT2D eigenvalue weighted by molar-refractivity contribution is 5.90. The van der Waals surface area contributed by atoms with Crippen molar-refractivity contribution in [3.63, 3.8) is 0 Å². The Balaban J connectivity index is 1.97. The highest BCUT2D eigenvalue weighted by Gasteiger charge is 2.18. The quantitative estimate of drug-likeness (QED) is 0.680. The molecule has 0 bridgehead atoms. The largest absolute Gasteiger partial charge is 0.462 e. The zero-order valence-corrected chi connectivity index (χ0v) is 13.6. The van der Waals surface area contributed by atoms with Gasteiger partial charge in [0.1, 0.15) is 0 Å².